The van der Waals surface area contributed by atoms with Crippen molar-refractivity contribution in [1.29, 1.82) is 0 Å². The van der Waals surface area contributed by atoms with Crippen LogP contribution in [0.25, 0.3) is 22.3 Å². The molecule has 2 aliphatic rings. The fourth-order valence-electron chi connectivity index (χ4n) is 8.47. The summed E-state index contributed by atoms with van der Waals surface area (Å²) in [4.78, 5) is 0. The second-order valence-corrected chi connectivity index (χ2v) is 12.7. The fraction of sp³-hybridized carbons (Fsp3) is 0.0455. The number of phenolic OH excluding ortho intramolecular Hbond substituents is 4. The van der Waals surface area contributed by atoms with Crippen molar-refractivity contribution in [3.05, 3.63) is 202 Å². The molecule has 0 aromatic heterocycles. The molecule has 0 amide bonds. The third kappa shape index (κ3) is 3.66. The zero-order valence-corrected chi connectivity index (χ0v) is 25.8. The zero-order valence-electron chi connectivity index (χ0n) is 25.8. The van der Waals surface area contributed by atoms with E-state index in [1.807, 2.05) is 48.5 Å². The second kappa shape index (κ2) is 10.1. The molecule has 0 spiro atoms. The third-order valence-corrected chi connectivity index (χ3v) is 10.4. The maximum atomic E-state index is 10.4. The highest BCUT2D eigenvalue weighted by molar-refractivity contribution is 5.94. The molecular formula is C44H30O4. The molecule has 0 aliphatic heterocycles. The van der Waals surface area contributed by atoms with Crippen LogP contribution in [0, 0.1) is 0 Å². The van der Waals surface area contributed by atoms with Crippen molar-refractivity contribution >= 4 is 0 Å². The molecule has 0 fully saturated rings. The van der Waals surface area contributed by atoms with Gasteiger partial charge < -0.3 is 20.4 Å². The molecule has 7 aromatic rings. The summed E-state index contributed by atoms with van der Waals surface area (Å²) in [6.07, 6.45) is 0. The summed E-state index contributed by atoms with van der Waals surface area (Å²) in [5.41, 5.74) is 11.3. The molecule has 0 heterocycles. The molecule has 9 rings (SSSR count). The number of rotatable bonds is 4. The minimum Gasteiger partial charge on any atom is -0.508 e. The van der Waals surface area contributed by atoms with Crippen molar-refractivity contribution in [2.75, 3.05) is 0 Å². The Morgan fingerprint density at radius 1 is 0.271 bits per heavy atom. The predicted molar refractivity (Wildman–Crippen MR) is 188 cm³/mol. The van der Waals surface area contributed by atoms with Gasteiger partial charge in [-0.1, -0.05) is 103 Å². The SMILES string of the molecule is Oc1ccc(C2(c3ccc(O)cc3)c3ccccc3-c3cc4c(cc32)C(c2ccc(O)cc2)(c2ccc(O)cc2)c2ccccc2-4)cc1. The number of aromatic hydroxyl groups is 4. The van der Waals surface area contributed by atoms with Crippen molar-refractivity contribution in [3.63, 3.8) is 0 Å². The van der Waals surface area contributed by atoms with Gasteiger partial charge >= 0.3 is 0 Å². The van der Waals surface area contributed by atoms with Gasteiger partial charge in [-0.3, -0.25) is 0 Å². The summed E-state index contributed by atoms with van der Waals surface area (Å²) in [7, 11) is 0. The number of benzene rings is 7. The first-order chi connectivity index (χ1) is 23.4. The fourth-order valence-corrected chi connectivity index (χ4v) is 8.47. The number of fused-ring (bicyclic) bond motifs is 6. The van der Waals surface area contributed by atoms with Crippen molar-refractivity contribution in [1.82, 2.24) is 0 Å². The maximum absolute atomic E-state index is 10.4. The first-order valence-corrected chi connectivity index (χ1v) is 16.0. The smallest absolute Gasteiger partial charge is 0.115 e. The van der Waals surface area contributed by atoms with Gasteiger partial charge in [0.1, 0.15) is 23.0 Å². The molecule has 0 saturated heterocycles. The second-order valence-electron chi connectivity index (χ2n) is 12.7. The first-order valence-electron chi connectivity index (χ1n) is 16.0. The van der Waals surface area contributed by atoms with E-state index in [1.54, 1.807) is 48.5 Å². The third-order valence-electron chi connectivity index (χ3n) is 10.4. The van der Waals surface area contributed by atoms with E-state index in [0.29, 0.717) is 0 Å². The van der Waals surface area contributed by atoms with Crippen LogP contribution in [0.1, 0.15) is 44.5 Å². The van der Waals surface area contributed by atoms with Gasteiger partial charge in [0.15, 0.2) is 0 Å². The molecule has 2 aliphatic carbocycles. The van der Waals surface area contributed by atoms with E-state index < -0.39 is 10.8 Å². The summed E-state index contributed by atoms with van der Waals surface area (Å²) in [5, 5.41) is 41.6. The monoisotopic (exact) mass is 622 g/mol. The lowest BCUT2D eigenvalue weighted by atomic mass is 9.64. The lowest BCUT2D eigenvalue weighted by molar-refractivity contribution is 0.473. The minimum atomic E-state index is -0.771. The van der Waals surface area contributed by atoms with Crippen LogP contribution in [0.3, 0.4) is 0 Å². The van der Waals surface area contributed by atoms with Crippen molar-refractivity contribution in [2.45, 2.75) is 10.8 Å². The Bertz CT molecular complexity index is 2100. The van der Waals surface area contributed by atoms with Crippen LogP contribution in [0.5, 0.6) is 23.0 Å². The molecule has 48 heavy (non-hydrogen) atoms. The van der Waals surface area contributed by atoms with Crippen molar-refractivity contribution in [2.24, 2.45) is 0 Å². The molecule has 7 aromatic carbocycles. The lowest BCUT2D eigenvalue weighted by Gasteiger charge is -2.37. The van der Waals surface area contributed by atoms with Gasteiger partial charge in [0.25, 0.3) is 0 Å². The van der Waals surface area contributed by atoms with Crippen LogP contribution in [0.4, 0.5) is 0 Å². The topological polar surface area (TPSA) is 80.9 Å². The summed E-state index contributed by atoms with van der Waals surface area (Å²) < 4.78 is 0. The highest BCUT2D eigenvalue weighted by atomic mass is 16.3. The predicted octanol–water partition coefficient (Wildman–Crippen LogP) is 9.24. The normalized spacial score (nSPS) is 14.5. The Morgan fingerprint density at radius 3 is 0.875 bits per heavy atom. The molecule has 0 radical (unpaired) electrons. The van der Waals surface area contributed by atoms with E-state index >= 15 is 0 Å². The number of hydrogen-bond acceptors (Lipinski definition) is 4. The molecule has 0 bridgehead atoms. The Hall–Kier alpha value is -6.26. The standard InChI is InChI=1S/C44H30O4/c45-31-17-9-27(10-18-31)43(28-11-19-32(46)20-12-28)39-7-3-1-5-35(39)37-25-38-36-6-2-4-8-40(36)44(42(38)26-41(37)43,29-13-21-33(47)22-14-29)30-15-23-34(48)24-16-30/h1-26,45-48H. The quantitative estimate of drug-likeness (QED) is 0.158. The average Bonchev–Trinajstić information content (AvgIpc) is 3.57. The van der Waals surface area contributed by atoms with Gasteiger partial charge in [-0.05, 0) is 121 Å². The highest BCUT2D eigenvalue weighted by Crippen LogP contribution is 2.62. The van der Waals surface area contributed by atoms with Crippen molar-refractivity contribution in [3.8, 4) is 45.3 Å². The van der Waals surface area contributed by atoms with Crippen molar-refractivity contribution < 1.29 is 20.4 Å². The molecule has 4 N–H and O–H groups in total. The summed E-state index contributed by atoms with van der Waals surface area (Å²) in [6, 6.07) is 51.5. The van der Waals surface area contributed by atoms with E-state index in [-0.39, 0.29) is 23.0 Å². The van der Waals surface area contributed by atoms with Gasteiger partial charge in [-0.15, -0.1) is 0 Å². The lowest BCUT2D eigenvalue weighted by Crippen LogP contribution is -2.31. The Kier molecular flexibility index (Phi) is 5.90. The van der Waals surface area contributed by atoms with E-state index in [2.05, 4.69) is 60.7 Å². The number of phenols is 4. The molecule has 4 nitrogen and oxygen atoms in total. The Morgan fingerprint density at radius 2 is 0.562 bits per heavy atom. The zero-order chi connectivity index (χ0) is 32.6. The largest absolute Gasteiger partial charge is 0.508 e. The molecule has 0 unspecified atom stereocenters. The Balaban J connectivity index is 1.46. The summed E-state index contributed by atoms with van der Waals surface area (Å²) in [6.45, 7) is 0. The van der Waals surface area contributed by atoms with Crippen LogP contribution in [0.15, 0.2) is 158 Å². The molecule has 4 heteroatoms. The Labute approximate surface area is 278 Å². The van der Waals surface area contributed by atoms with E-state index in [0.717, 1.165) is 66.8 Å². The highest BCUT2D eigenvalue weighted by Gasteiger charge is 2.51. The summed E-state index contributed by atoms with van der Waals surface area (Å²) >= 11 is 0. The van der Waals surface area contributed by atoms with Crippen LogP contribution < -0.4 is 0 Å². The van der Waals surface area contributed by atoms with E-state index in [1.165, 1.54) is 0 Å². The van der Waals surface area contributed by atoms with Crippen LogP contribution in [-0.4, -0.2) is 20.4 Å². The van der Waals surface area contributed by atoms with Gasteiger partial charge in [0.2, 0.25) is 0 Å². The summed E-state index contributed by atoms with van der Waals surface area (Å²) in [5.74, 6) is 0.756. The van der Waals surface area contributed by atoms with Gasteiger partial charge in [0.05, 0.1) is 10.8 Å². The van der Waals surface area contributed by atoms with Crippen LogP contribution >= 0.6 is 0 Å². The van der Waals surface area contributed by atoms with Crippen LogP contribution in [0.2, 0.25) is 0 Å². The molecule has 0 atom stereocenters. The molecule has 230 valence electrons. The van der Waals surface area contributed by atoms with E-state index in [9.17, 15) is 20.4 Å². The van der Waals surface area contributed by atoms with E-state index in [4.69, 9.17) is 0 Å². The maximum Gasteiger partial charge on any atom is 0.115 e. The van der Waals surface area contributed by atoms with Gasteiger partial charge in [-0.2, -0.15) is 0 Å². The first kappa shape index (κ1) is 28.0. The molecule has 0 saturated carbocycles. The van der Waals surface area contributed by atoms with Gasteiger partial charge in [0, 0.05) is 0 Å². The minimum absolute atomic E-state index is 0.189. The average molecular weight is 623 g/mol. The number of hydrogen-bond donors (Lipinski definition) is 4. The van der Waals surface area contributed by atoms with Crippen LogP contribution in [-0.2, 0) is 10.8 Å². The van der Waals surface area contributed by atoms with Gasteiger partial charge in [-0.25, -0.2) is 0 Å². The molecular weight excluding hydrogens is 592 g/mol.